The Morgan fingerprint density at radius 3 is 2.09 bits per heavy atom. The van der Waals surface area contributed by atoms with Crippen LogP contribution in [0.2, 0.25) is 0 Å². The van der Waals surface area contributed by atoms with E-state index in [0.29, 0.717) is 11.3 Å². The predicted molar refractivity (Wildman–Crippen MR) is 117 cm³/mol. The second-order valence-corrected chi connectivity index (χ2v) is 9.98. The lowest BCUT2D eigenvalue weighted by molar-refractivity contribution is -0.254. The lowest BCUT2D eigenvalue weighted by atomic mass is 9.97. The van der Waals surface area contributed by atoms with Crippen LogP contribution in [-0.2, 0) is 6.42 Å². The molecule has 0 radical (unpaired) electrons. The van der Waals surface area contributed by atoms with E-state index in [1.54, 1.807) is 6.07 Å². The molecule has 0 fully saturated rings. The first-order valence-corrected chi connectivity index (χ1v) is 11.1. The average molecular weight is 483 g/mol. The maximum Gasteiger partial charge on any atom is 0.380 e. The number of terminal acetylenes is 1. The van der Waals surface area contributed by atoms with Gasteiger partial charge in [-0.25, -0.2) is 0 Å². The highest BCUT2D eigenvalue weighted by Crippen LogP contribution is 2.66. The van der Waals surface area contributed by atoms with Crippen molar-refractivity contribution in [2.24, 2.45) is 0 Å². The second kappa shape index (κ2) is 7.53. The number of thiophene rings is 2. The van der Waals surface area contributed by atoms with E-state index in [-0.39, 0.29) is 25.8 Å². The number of hydrogen-bond donors (Lipinski definition) is 0. The standard InChI is InChI=1S/C24H16F6S2/c1-4-16-12-18(14(3)31-16)19-20(23(27,28)24(29,30)22(19,25)26)21-13(2)10-17(32-21)11-15-8-6-5-7-9-15/h1,5-10,12H,11H2,2-3H3. The van der Waals surface area contributed by atoms with Gasteiger partial charge < -0.3 is 0 Å². The molecule has 0 atom stereocenters. The van der Waals surface area contributed by atoms with Gasteiger partial charge in [0.2, 0.25) is 0 Å². The lowest BCUT2D eigenvalue weighted by Crippen LogP contribution is -2.48. The maximum atomic E-state index is 15.0. The molecule has 0 N–H and O–H groups in total. The van der Waals surface area contributed by atoms with Gasteiger partial charge in [-0.2, -0.15) is 26.3 Å². The Kier molecular flexibility index (Phi) is 5.34. The molecule has 4 rings (SSSR count). The molecule has 0 spiro atoms. The van der Waals surface area contributed by atoms with Crippen LogP contribution < -0.4 is 0 Å². The highest BCUT2D eigenvalue weighted by molar-refractivity contribution is 7.13. The van der Waals surface area contributed by atoms with Crippen molar-refractivity contribution in [3.8, 4) is 12.3 Å². The molecule has 8 heteroatoms. The van der Waals surface area contributed by atoms with Gasteiger partial charge in [0, 0.05) is 26.6 Å². The summed E-state index contributed by atoms with van der Waals surface area (Å²) in [4.78, 5) is 0.723. The topological polar surface area (TPSA) is 0 Å². The minimum atomic E-state index is -5.58. The molecule has 0 bridgehead atoms. The normalized spacial score (nSPS) is 18.7. The number of aryl methyl sites for hydroxylation is 2. The summed E-state index contributed by atoms with van der Waals surface area (Å²) in [6, 6.07) is 11.8. The number of alkyl halides is 6. The Labute approximate surface area is 189 Å². The van der Waals surface area contributed by atoms with E-state index in [1.807, 2.05) is 30.3 Å². The molecule has 1 aromatic carbocycles. The van der Waals surface area contributed by atoms with Crippen molar-refractivity contribution in [3.05, 3.63) is 78.7 Å². The molecule has 0 saturated heterocycles. The van der Waals surface area contributed by atoms with Crippen LogP contribution in [0.15, 0.2) is 42.5 Å². The Balaban J connectivity index is 1.96. The molecule has 0 nitrogen and oxygen atoms in total. The summed E-state index contributed by atoms with van der Waals surface area (Å²) < 4.78 is 89.0. The second-order valence-electron chi connectivity index (χ2n) is 7.59. The van der Waals surface area contributed by atoms with Gasteiger partial charge in [-0.05, 0) is 42.7 Å². The molecular formula is C24H16F6S2. The first kappa shape index (κ1) is 22.7. The van der Waals surface area contributed by atoms with Crippen molar-refractivity contribution in [1.29, 1.82) is 0 Å². The van der Waals surface area contributed by atoms with Gasteiger partial charge in [-0.3, -0.25) is 0 Å². The minimum absolute atomic E-state index is 0.178. The maximum absolute atomic E-state index is 15.0. The average Bonchev–Trinajstić information content (AvgIpc) is 3.30. The Hall–Kier alpha value is -2.50. The van der Waals surface area contributed by atoms with E-state index < -0.39 is 28.9 Å². The van der Waals surface area contributed by atoms with Crippen molar-refractivity contribution in [3.63, 3.8) is 0 Å². The number of allylic oxidation sites excluding steroid dienone is 2. The summed E-state index contributed by atoms with van der Waals surface area (Å²) in [5.41, 5.74) is -1.91. The van der Waals surface area contributed by atoms with Crippen molar-refractivity contribution < 1.29 is 26.3 Å². The molecule has 0 saturated carbocycles. The van der Waals surface area contributed by atoms with E-state index in [4.69, 9.17) is 6.42 Å². The van der Waals surface area contributed by atoms with E-state index in [0.717, 1.165) is 34.3 Å². The van der Waals surface area contributed by atoms with E-state index in [9.17, 15) is 17.6 Å². The fourth-order valence-electron chi connectivity index (χ4n) is 3.87. The fraction of sp³-hybridized carbons (Fsp3) is 0.250. The third-order valence-corrected chi connectivity index (χ3v) is 7.65. The summed E-state index contributed by atoms with van der Waals surface area (Å²) in [5.74, 6) is -13.5. The van der Waals surface area contributed by atoms with Crippen molar-refractivity contribution in [2.45, 2.75) is 38.0 Å². The summed E-state index contributed by atoms with van der Waals surface area (Å²) in [7, 11) is 0. The van der Waals surface area contributed by atoms with Crippen LogP contribution in [0.4, 0.5) is 26.3 Å². The molecule has 2 heterocycles. The molecule has 166 valence electrons. The first-order valence-electron chi connectivity index (χ1n) is 9.51. The van der Waals surface area contributed by atoms with Crippen LogP contribution >= 0.6 is 22.7 Å². The van der Waals surface area contributed by atoms with Gasteiger partial charge >= 0.3 is 17.8 Å². The van der Waals surface area contributed by atoms with Crippen LogP contribution in [0, 0.1) is 26.2 Å². The molecule has 3 aromatic rings. The van der Waals surface area contributed by atoms with Crippen molar-refractivity contribution in [1.82, 2.24) is 0 Å². The Bertz CT molecular complexity index is 1260. The molecular weight excluding hydrogens is 466 g/mol. The number of hydrogen-bond acceptors (Lipinski definition) is 2. The summed E-state index contributed by atoms with van der Waals surface area (Å²) in [6.45, 7) is 2.86. The lowest BCUT2D eigenvalue weighted by Gasteiger charge is -2.25. The zero-order valence-electron chi connectivity index (χ0n) is 16.9. The van der Waals surface area contributed by atoms with Gasteiger partial charge in [0.1, 0.15) is 0 Å². The SMILES string of the molecule is C#Cc1cc(C2=C(c3sc(Cc4ccccc4)cc3C)C(F)(F)C(F)(F)C2(F)F)c(C)s1. The molecule has 2 aromatic heterocycles. The van der Waals surface area contributed by atoms with E-state index in [1.165, 1.54) is 13.8 Å². The third kappa shape index (κ3) is 3.22. The molecule has 0 aliphatic heterocycles. The van der Waals surface area contributed by atoms with Gasteiger partial charge in [0.25, 0.3) is 0 Å². The molecule has 32 heavy (non-hydrogen) atoms. The van der Waals surface area contributed by atoms with Crippen molar-refractivity contribution >= 4 is 33.8 Å². The quantitative estimate of drug-likeness (QED) is 0.263. The van der Waals surface area contributed by atoms with Gasteiger partial charge in [-0.15, -0.1) is 29.1 Å². The fourth-order valence-corrected chi connectivity index (χ4v) is 5.99. The first-order chi connectivity index (χ1) is 14.9. The third-order valence-electron chi connectivity index (χ3n) is 5.41. The van der Waals surface area contributed by atoms with Crippen LogP contribution in [0.3, 0.4) is 0 Å². The van der Waals surface area contributed by atoms with Gasteiger partial charge in [0.05, 0.1) is 10.5 Å². The van der Waals surface area contributed by atoms with Crippen molar-refractivity contribution in [2.75, 3.05) is 0 Å². The van der Waals surface area contributed by atoms with Crippen LogP contribution in [0.5, 0.6) is 0 Å². The number of halogens is 6. The van der Waals surface area contributed by atoms with Crippen LogP contribution in [-0.4, -0.2) is 17.8 Å². The smallest absolute Gasteiger partial charge is 0.194 e. The Morgan fingerprint density at radius 2 is 1.50 bits per heavy atom. The molecule has 0 unspecified atom stereocenters. The summed E-state index contributed by atoms with van der Waals surface area (Å²) in [6.07, 6.45) is 5.68. The molecule has 1 aliphatic carbocycles. The van der Waals surface area contributed by atoms with Gasteiger partial charge in [0.15, 0.2) is 0 Å². The molecule has 0 amide bonds. The highest BCUT2D eigenvalue weighted by atomic mass is 32.1. The number of rotatable bonds is 4. The van der Waals surface area contributed by atoms with E-state index >= 15 is 8.78 Å². The van der Waals surface area contributed by atoms with Gasteiger partial charge in [-0.1, -0.05) is 36.3 Å². The van der Waals surface area contributed by atoms with Crippen LogP contribution in [0.1, 0.15) is 36.2 Å². The molecule has 1 aliphatic rings. The zero-order valence-corrected chi connectivity index (χ0v) is 18.5. The monoisotopic (exact) mass is 482 g/mol. The Morgan fingerprint density at radius 1 is 0.875 bits per heavy atom. The van der Waals surface area contributed by atoms with E-state index in [2.05, 4.69) is 5.92 Å². The summed E-state index contributed by atoms with van der Waals surface area (Å²) >= 11 is 1.75. The summed E-state index contributed by atoms with van der Waals surface area (Å²) in [5, 5.41) is 0. The predicted octanol–water partition coefficient (Wildman–Crippen LogP) is 7.83. The minimum Gasteiger partial charge on any atom is -0.194 e. The zero-order chi connectivity index (χ0) is 23.5. The number of benzene rings is 1. The largest absolute Gasteiger partial charge is 0.380 e. The highest BCUT2D eigenvalue weighted by Gasteiger charge is 2.80. The van der Waals surface area contributed by atoms with Crippen LogP contribution in [0.25, 0.3) is 11.1 Å².